The molecule has 6 rings (SSSR count). The number of rotatable bonds is 7. The van der Waals surface area contributed by atoms with Gasteiger partial charge >= 0.3 is 0 Å². The molecule has 9 heteroatoms. The quantitative estimate of drug-likeness (QED) is 0.357. The monoisotopic (exact) mass is 425 g/mol. The lowest BCUT2D eigenvalue weighted by atomic mass is 9.54. The minimum absolute atomic E-state index is 0.0841. The number of aromatic amines is 1. The summed E-state index contributed by atoms with van der Waals surface area (Å²) < 4.78 is 0. The van der Waals surface area contributed by atoms with E-state index in [0.717, 1.165) is 23.2 Å². The van der Waals surface area contributed by atoms with Crippen LogP contribution < -0.4 is 10.7 Å². The molecular formula is C21H27N7OS. The molecule has 0 aliphatic heterocycles. The molecular weight excluding hydrogens is 398 g/mol. The van der Waals surface area contributed by atoms with Crippen LogP contribution in [0.3, 0.4) is 0 Å². The fourth-order valence-electron chi connectivity index (χ4n) is 5.65. The van der Waals surface area contributed by atoms with Crippen molar-refractivity contribution >= 4 is 29.3 Å². The maximum Gasteiger partial charge on any atom is 0.240 e. The van der Waals surface area contributed by atoms with Gasteiger partial charge in [-0.15, -0.1) is 5.10 Å². The molecule has 30 heavy (non-hydrogen) atoms. The number of thioether (sulfide) groups is 1. The van der Waals surface area contributed by atoms with E-state index in [1.807, 2.05) is 25.1 Å². The molecule has 2 heterocycles. The van der Waals surface area contributed by atoms with Gasteiger partial charge in [0.1, 0.15) is 0 Å². The average Bonchev–Trinajstić information content (AvgIpc) is 3.21. The molecule has 8 nitrogen and oxygen atoms in total. The van der Waals surface area contributed by atoms with Crippen molar-refractivity contribution < 1.29 is 4.79 Å². The van der Waals surface area contributed by atoms with Gasteiger partial charge < -0.3 is 5.32 Å². The molecule has 3 N–H and O–H groups in total. The first kappa shape index (κ1) is 19.5. The molecule has 0 saturated heterocycles. The van der Waals surface area contributed by atoms with Gasteiger partial charge in [-0.25, -0.2) is 10.5 Å². The minimum atomic E-state index is 0.0841. The number of nitrogens with one attached hydrogen (secondary N) is 3. The summed E-state index contributed by atoms with van der Waals surface area (Å²) >= 11 is 1.34. The van der Waals surface area contributed by atoms with Crippen molar-refractivity contribution in [3.05, 3.63) is 30.1 Å². The zero-order chi connectivity index (χ0) is 20.5. The van der Waals surface area contributed by atoms with Crippen molar-refractivity contribution in [2.75, 3.05) is 11.2 Å². The van der Waals surface area contributed by atoms with Crippen molar-refractivity contribution in [1.82, 2.24) is 25.5 Å². The standard InChI is InChI=1S/C21H27N7OS/c1-12(17-4-2-3-5-22-17)25-26-20-24-21(28-27-20)30-11-18(29)23-19-15-7-13-6-14(9-15)10-16(19)8-13/h2-5,13-16,19H,6-11H2,1H3,(H,23,29)(H2,24,26,27,28)/b25-12-. The Bertz CT molecular complexity index is 900. The molecule has 4 aliphatic carbocycles. The molecule has 0 atom stereocenters. The van der Waals surface area contributed by atoms with Crippen LogP contribution in [-0.4, -0.2) is 43.6 Å². The molecule has 0 aromatic carbocycles. The van der Waals surface area contributed by atoms with Gasteiger partial charge in [0.15, 0.2) is 0 Å². The lowest BCUT2D eigenvalue weighted by Crippen LogP contribution is -2.56. The van der Waals surface area contributed by atoms with Crippen LogP contribution >= 0.6 is 11.8 Å². The Balaban J connectivity index is 1.11. The Kier molecular flexibility index (Phi) is 5.45. The van der Waals surface area contributed by atoms with E-state index in [-0.39, 0.29) is 5.91 Å². The Labute approximate surface area is 180 Å². The van der Waals surface area contributed by atoms with Gasteiger partial charge in [-0.3, -0.25) is 9.78 Å². The molecule has 4 aliphatic rings. The summed E-state index contributed by atoms with van der Waals surface area (Å²) in [4.78, 5) is 21.1. The second-order valence-electron chi connectivity index (χ2n) is 8.80. The average molecular weight is 426 g/mol. The van der Waals surface area contributed by atoms with Gasteiger partial charge in [0, 0.05) is 12.2 Å². The number of H-pyrrole nitrogens is 1. The number of nitrogens with zero attached hydrogens (tertiary/aromatic N) is 4. The predicted octanol–water partition coefficient (Wildman–Crippen LogP) is 3.07. The van der Waals surface area contributed by atoms with Crippen LogP contribution in [0.5, 0.6) is 0 Å². The van der Waals surface area contributed by atoms with E-state index in [9.17, 15) is 4.79 Å². The molecule has 0 unspecified atom stereocenters. The van der Waals surface area contributed by atoms with Gasteiger partial charge in [-0.1, -0.05) is 17.8 Å². The Hall–Kier alpha value is -2.42. The van der Waals surface area contributed by atoms with Gasteiger partial charge in [-0.05, 0) is 74.8 Å². The van der Waals surface area contributed by atoms with Crippen LogP contribution in [0.4, 0.5) is 5.95 Å². The van der Waals surface area contributed by atoms with E-state index < -0.39 is 0 Å². The van der Waals surface area contributed by atoms with E-state index in [4.69, 9.17) is 0 Å². The molecule has 0 radical (unpaired) electrons. The van der Waals surface area contributed by atoms with Gasteiger partial charge in [-0.2, -0.15) is 10.1 Å². The molecule has 158 valence electrons. The molecule has 4 saturated carbocycles. The highest BCUT2D eigenvalue weighted by Gasteiger charge is 2.48. The van der Waals surface area contributed by atoms with Crippen LogP contribution in [0.25, 0.3) is 0 Å². The maximum atomic E-state index is 12.5. The largest absolute Gasteiger partial charge is 0.352 e. The van der Waals surface area contributed by atoms with Gasteiger partial charge in [0.2, 0.25) is 17.0 Å². The van der Waals surface area contributed by atoms with Crippen LogP contribution in [0.2, 0.25) is 0 Å². The summed E-state index contributed by atoms with van der Waals surface area (Å²) in [5, 5.41) is 15.1. The number of carbonyl (C=O) groups is 1. The van der Waals surface area contributed by atoms with Crippen molar-refractivity contribution in [3.8, 4) is 0 Å². The Morgan fingerprint density at radius 3 is 2.67 bits per heavy atom. The Morgan fingerprint density at radius 1 is 1.20 bits per heavy atom. The summed E-state index contributed by atoms with van der Waals surface area (Å²) in [6.07, 6.45) is 8.37. The third kappa shape index (κ3) is 4.21. The van der Waals surface area contributed by atoms with Crippen LogP contribution in [0.1, 0.15) is 44.7 Å². The summed E-state index contributed by atoms with van der Waals surface area (Å²) in [6.45, 7) is 1.87. The third-order valence-corrected chi connectivity index (χ3v) is 7.56. The third-order valence-electron chi connectivity index (χ3n) is 6.72. The Morgan fingerprint density at radius 2 is 1.97 bits per heavy atom. The fourth-order valence-corrected chi connectivity index (χ4v) is 6.26. The maximum absolute atomic E-state index is 12.5. The minimum Gasteiger partial charge on any atom is -0.352 e. The van der Waals surface area contributed by atoms with E-state index in [2.05, 4.69) is 36.0 Å². The molecule has 1 amide bonds. The number of hydrogen-bond donors (Lipinski definition) is 3. The van der Waals surface area contributed by atoms with E-state index in [0.29, 0.717) is 34.7 Å². The number of aromatic nitrogens is 4. The normalized spacial score (nSPS) is 29.8. The number of hydrazone groups is 1. The smallest absolute Gasteiger partial charge is 0.240 e. The molecule has 4 bridgehead atoms. The van der Waals surface area contributed by atoms with Gasteiger partial charge in [0.05, 0.1) is 17.2 Å². The topological polar surface area (TPSA) is 108 Å². The fraction of sp³-hybridized carbons (Fsp3) is 0.571. The van der Waals surface area contributed by atoms with Crippen molar-refractivity contribution in [3.63, 3.8) is 0 Å². The zero-order valence-corrected chi connectivity index (χ0v) is 17.9. The molecule has 4 fully saturated rings. The molecule has 2 aromatic rings. The number of hydrogen-bond acceptors (Lipinski definition) is 7. The second kappa shape index (κ2) is 8.37. The highest BCUT2D eigenvalue weighted by atomic mass is 32.2. The van der Waals surface area contributed by atoms with Crippen LogP contribution in [0, 0.1) is 23.7 Å². The highest BCUT2D eigenvalue weighted by Crippen LogP contribution is 2.53. The molecule has 0 spiro atoms. The lowest BCUT2D eigenvalue weighted by molar-refractivity contribution is -0.122. The predicted molar refractivity (Wildman–Crippen MR) is 116 cm³/mol. The summed E-state index contributed by atoms with van der Waals surface area (Å²) in [7, 11) is 0. The van der Waals surface area contributed by atoms with Crippen molar-refractivity contribution in [1.29, 1.82) is 0 Å². The molecule has 2 aromatic heterocycles. The van der Waals surface area contributed by atoms with E-state index in [1.165, 1.54) is 43.9 Å². The van der Waals surface area contributed by atoms with Crippen molar-refractivity contribution in [2.45, 2.75) is 50.2 Å². The lowest BCUT2D eigenvalue weighted by Gasteiger charge is -2.54. The second-order valence-corrected chi connectivity index (χ2v) is 9.75. The van der Waals surface area contributed by atoms with E-state index >= 15 is 0 Å². The number of anilines is 1. The number of amides is 1. The number of pyridine rings is 1. The van der Waals surface area contributed by atoms with Crippen LogP contribution in [0.15, 0.2) is 34.7 Å². The zero-order valence-electron chi connectivity index (χ0n) is 17.0. The first-order valence-corrected chi connectivity index (χ1v) is 11.7. The first-order chi connectivity index (χ1) is 14.6. The van der Waals surface area contributed by atoms with Gasteiger partial charge in [0.25, 0.3) is 0 Å². The highest BCUT2D eigenvalue weighted by molar-refractivity contribution is 7.99. The summed E-state index contributed by atoms with van der Waals surface area (Å²) in [6, 6.07) is 6.05. The van der Waals surface area contributed by atoms with Crippen LogP contribution in [-0.2, 0) is 4.79 Å². The van der Waals surface area contributed by atoms with E-state index in [1.54, 1.807) is 6.20 Å². The SMILES string of the molecule is C/C(=N/Nc1nc(SCC(=O)NC2C3CC4CC(C3)CC2C4)n[nH]1)c1ccccn1. The first-order valence-electron chi connectivity index (χ1n) is 10.7. The summed E-state index contributed by atoms with van der Waals surface area (Å²) in [5.41, 5.74) is 4.40. The number of carbonyl (C=O) groups excluding carboxylic acids is 1. The van der Waals surface area contributed by atoms with Crippen molar-refractivity contribution in [2.24, 2.45) is 28.8 Å². The summed E-state index contributed by atoms with van der Waals surface area (Å²) in [5.74, 6) is 4.06.